The molecule has 0 aliphatic rings. The van der Waals surface area contributed by atoms with Gasteiger partial charge in [-0.2, -0.15) is 5.26 Å². The number of hydrogen-bond acceptors (Lipinski definition) is 5. The summed E-state index contributed by atoms with van der Waals surface area (Å²) in [7, 11) is 0. The van der Waals surface area contributed by atoms with E-state index in [1.807, 2.05) is 6.07 Å². The van der Waals surface area contributed by atoms with Crippen LogP contribution in [0.4, 0.5) is 0 Å². The molecule has 0 fully saturated rings. The summed E-state index contributed by atoms with van der Waals surface area (Å²) in [6.07, 6.45) is 1.08. The fourth-order valence-electron chi connectivity index (χ4n) is 1.63. The minimum atomic E-state index is -0.591. The van der Waals surface area contributed by atoms with Gasteiger partial charge in [-0.15, -0.1) is 0 Å². The van der Waals surface area contributed by atoms with Crippen LogP contribution in [0.1, 0.15) is 16.7 Å². The standard InChI is InChI=1S/C13H11N3O3/c1-7-3-9(5-14)8(2)10(4-7)19-11-12(17)15-6-16-13(11)18/h3-4,6H,1-2H3,(H2,15,16,17,18). The second-order valence-corrected chi connectivity index (χ2v) is 4.03. The highest BCUT2D eigenvalue weighted by atomic mass is 16.5. The zero-order valence-corrected chi connectivity index (χ0v) is 10.4. The van der Waals surface area contributed by atoms with Crippen molar-refractivity contribution in [1.82, 2.24) is 9.97 Å². The van der Waals surface area contributed by atoms with Crippen LogP contribution in [0.25, 0.3) is 0 Å². The van der Waals surface area contributed by atoms with Crippen LogP contribution in [-0.4, -0.2) is 15.1 Å². The van der Waals surface area contributed by atoms with Gasteiger partial charge in [-0.25, -0.2) is 4.98 Å². The molecule has 0 aliphatic heterocycles. The molecule has 1 aromatic carbocycles. The Labute approximate surface area is 108 Å². The van der Waals surface area contributed by atoms with Crippen molar-refractivity contribution in [3.8, 4) is 23.4 Å². The highest BCUT2D eigenvalue weighted by Crippen LogP contribution is 2.29. The van der Waals surface area contributed by atoms with Crippen LogP contribution in [0.5, 0.6) is 17.4 Å². The molecular weight excluding hydrogens is 246 g/mol. The van der Waals surface area contributed by atoms with Gasteiger partial charge < -0.3 is 14.8 Å². The van der Waals surface area contributed by atoms with Crippen molar-refractivity contribution < 1.29 is 9.84 Å². The Hall–Kier alpha value is -2.81. The zero-order chi connectivity index (χ0) is 14.0. The topological polar surface area (TPSA) is 99.0 Å². The van der Waals surface area contributed by atoms with Gasteiger partial charge in [0.25, 0.3) is 17.2 Å². The molecule has 0 unspecified atom stereocenters. The van der Waals surface area contributed by atoms with Gasteiger partial charge in [0.2, 0.25) is 0 Å². The molecule has 6 heteroatoms. The highest BCUT2D eigenvalue weighted by molar-refractivity contribution is 5.50. The number of nitrogens with one attached hydrogen (secondary N) is 1. The SMILES string of the molecule is Cc1cc(C#N)c(C)c(Oc2c(O)nc[nH]c2=O)c1. The summed E-state index contributed by atoms with van der Waals surface area (Å²) in [5, 5.41) is 18.5. The molecule has 0 saturated carbocycles. The quantitative estimate of drug-likeness (QED) is 0.853. The molecule has 0 atom stereocenters. The lowest BCUT2D eigenvalue weighted by atomic mass is 10.1. The summed E-state index contributed by atoms with van der Waals surface area (Å²) in [6.45, 7) is 3.51. The smallest absolute Gasteiger partial charge is 0.297 e. The lowest BCUT2D eigenvalue weighted by molar-refractivity contribution is 0.388. The van der Waals surface area contributed by atoms with Gasteiger partial charge in [-0.05, 0) is 31.5 Å². The van der Waals surface area contributed by atoms with Crippen LogP contribution in [0.2, 0.25) is 0 Å². The first kappa shape index (κ1) is 12.6. The fraction of sp³-hybridized carbons (Fsp3) is 0.154. The molecule has 1 aromatic heterocycles. The number of nitrogens with zero attached hydrogens (tertiary/aromatic N) is 2. The summed E-state index contributed by atoms with van der Waals surface area (Å²) < 4.78 is 5.39. The fourth-order valence-corrected chi connectivity index (χ4v) is 1.63. The number of aromatic amines is 1. The summed E-state index contributed by atoms with van der Waals surface area (Å²) in [5.74, 6) is -0.450. The Bertz CT molecular complexity index is 729. The Morgan fingerprint density at radius 3 is 2.79 bits per heavy atom. The van der Waals surface area contributed by atoms with Crippen molar-refractivity contribution in [1.29, 1.82) is 5.26 Å². The van der Waals surface area contributed by atoms with E-state index in [1.165, 1.54) is 0 Å². The van der Waals surface area contributed by atoms with Crippen molar-refractivity contribution in [2.24, 2.45) is 0 Å². The first-order valence-corrected chi connectivity index (χ1v) is 5.48. The molecule has 0 aliphatic carbocycles. The molecule has 0 amide bonds. The van der Waals surface area contributed by atoms with Gasteiger partial charge in [-0.1, -0.05) is 0 Å². The molecule has 19 heavy (non-hydrogen) atoms. The summed E-state index contributed by atoms with van der Waals surface area (Å²) in [4.78, 5) is 17.4. The highest BCUT2D eigenvalue weighted by Gasteiger charge is 2.13. The summed E-state index contributed by atoms with van der Waals surface area (Å²) in [5.41, 5.74) is 1.27. The largest absolute Gasteiger partial charge is 0.490 e. The molecule has 0 spiro atoms. The average Bonchev–Trinajstić information content (AvgIpc) is 2.37. The normalized spacial score (nSPS) is 9.95. The van der Waals surface area contributed by atoms with Crippen LogP contribution in [-0.2, 0) is 0 Å². The number of aromatic hydroxyl groups is 1. The number of rotatable bonds is 2. The number of aromatic nitrogens is 2. The van der Waals surface area contributed by atoms with Crippen molar-refractivity contribution in [2.75, 3.05) is 0 Å². The molecule has 2 N–H and O–H groups in total. The lowest BCUT2D eigenvalue weighted by Crippen LogP contribution is -2.09. The maximum atomic E-state index is 11.5. The molecule has 0 saturated heterocycles. The third kappa shape index (κ3) is 2.40. The number of hydrogen-bond donors (Lipinski definition) is 2. The van der Waals surface area contributed by atoms with E-state index in [-0.39, 0.29) is 5.75 Å². The maximum Gasteiger partial charge on any atom is 0.297 e. The van der Waals surface area contributed by atoms with E-state index in [4.69, 9.17) is 10.00 Å². The number of aryl methyl sites for hydroxylation is 1. The van der Waals surface area contributed by atoms with E-state index in [0.29, 0.717) is 16.9 Å². The summed E-state index contributed by atoms with van der Waals surface area (Å²) >= 11 is 0. The van der Waals surface area contributed by atoms with Crippen molar-refractivity contribution in [2.45, 2.75) is 13.8 Å². The predicted molar refractivity (Wildman–Crippen MR) is 67.2 cm³/mol. The molecule has 2 rings (SSSR count). The lowest BCUT2D eigenvalue weighted by Gasteiger charge is -2.10. The Morgan fingerprint density at radius 2 is 2.16 bits per heavy atom. The van der Waals surface area contributed by atoms with Crippen LogP contribution >= 0.6 is 0 Å². The van der Waals surface area contributed by atoms with Gasteiger partial charge in [-0.3, -0.25) is 4.79 Å². The van der Waals surface area contributed by atoms with Gasteiger partial charge >= 0.3 is 0 Å². The van der Waals surface area contributed by atoms with E-state index in [9.17, 15) is 9.90 Å². The number of benzene rings is 1. The molecular formula is C13H11N3O3. The second-order valence-electron chi connectivity index (χ2n) is 4.03. The molecule has 6 nitrogen and oxygen atoms in total. The Kier molecular flexibility index (Phi) is 3.21. The van der Waals surface area contributed by atoms with Crippen LogP contribution in [0.3, 0.4) is 0 Å². The monoisotopic (exact) mass is 257 g/mol. The Morgan fingerprint density at radius 1 is 1.42 bits per heavy atom. The third-order valence-electron chi connectivity index (χ3n) is 2.63. The van der Waals surface area contributed by atoms with Gasteiger partial charge in [0.15, 0.2) is 0 Å². The third-order valence-corrected chi connectivity index (χ3v) is 2.63. The second kappa shape index (κ2) is 4.82. The molecule has 0 radical (unpaired) electrons. The zero-order valence-electron chi connectivity index (χ0n) is 10.4. The molecule has 1 heterocycles. The molecule has 2 aromatic rings. The van der Waals surface area contributed by atoms with E-state index < -0.39 is 11.4 Å². The maximum absolute atomic E-state index is 11.5. The van der Waals surface area contributed by atoms with Crippen LogP contribution in [0.15, 0.2) is 23.3 Å². The Balaban J connectivity index is 2.54. The number of ether oxygens (including phenoxy) is 1. The van der Waals surface area contributed by atoms with E-state index in [1.54, 1.807) is 26.0 Å². The minimum absolute atomic E-state index is 0.292. The van der Waals surface area contributed by atoms with Crippen LogP contribution in [0, 0.1) is 25.2 Å². The van der Waals surface area contributed by atoms with E-state index in [2.05, 4.69) is 9.97 Å². The van der Waals surface area contributed by atoms with E-state index in [0.717, 1.165) is 11.9 Å². The van der Waals surface area contributed by atoms with Crippen LogP contribution < -0.4 is 10.3 Å². The van der Waals surface area contributed by atoms with Crippen molar-refractivity contribution in [3.05, 3.63) is 45.5 Å². The molecule has 0 bridgehead atoms. The number of H-pyrrole nitrogens is 1. The van der Waals surface area contributed by atoms with Crippen molar-refractivity contribution >= 4 is 0 Å². The molecule has 96 valence electrons. The summed E-state index contributed by atoms with van der Waals surface area (Å²) in [6, 6.07) is 5.45. The van der Waals surface area contributed by atoms with Gasteiger partial charge in [0.1, 0.15) is 5.75 Å². The number of nitriles is 1. The van der Waals surface area contributed by atoms with Gasteiger partial charge in [0.05, 0.1) is 18.0 Å². The average molecular weight is 257 g/mol. The first-order chi connectivity index (χ1) is 9.02. The minimum Gasteiger partial charge on any atom is -0.490 e. The first-order valence-electron chi connectivity index (χ1n) is 5.48. The van der Waals surface area contributed by atoms with Crippen molar-refractivity contribution in [3.63, 3.8) is 0 Å². The van der Waals surface area contributed by atoms with E-state index >= 15 is 0 Å². The van der Waals surface area contributed by atoms with Gasteiger partial charge in [0, 0.05) is 5.56 Å². The predicted octanol–water partition coefficient (Wildman–Crippen LogP) is 1.76.